The van der Waals surface area contributed by atoms with Gasteiger partial charge in [-0.2, -0.15) is 13.2 Å². The molecule has 0 radical (unpaired) electrons. The van der Waals surface area contributed by atoms with Gasteiger partial charge >= 0.3 is 12.2 Å². The normalized spacial score (nSPS) is 14.1. The summed E-state index contributed by atoms with van der Waals surface area (Å²) < 4.78 is 38.5. The van der Waals surface area contributed by atoms with Crippen LogP contribution in [0.5, 0.6) is 0 Å². The van der Waals surface area contributed by atoms with Gasteiger partial charge in [0.25, 0.3) is 0 Å². The summed E-state index contributed by atoms with van der Waals surface area (Å²) in [6.45, 7) is 3.35. The molecule has 1 unspecified atom stereocenters. The number of carbonyl (C=O) groups is 1. The summed E-state index contributed by atoms with van der Waals surface area (Å²) in [6, 6.07) is 3.91. The summed E-state index contributed by atoms with van der Waals surface area (Å²) >= 11 is 4.85. The van der Waals surface area contributed by atoms with Gasteiger partial charge in [0, 0.05) is 0 Å². The maximum Gasteiger partial charge on any atom is 0.418 e. The van der Waals surface area contributed by atoms with Crippen LogP contribution in [-0.2, 0) is 6.18 Å². The molecule has 8 heteroatoms. The van der Waals surface area contributed by atoms with Crippen molar-refractivity contribution in [3.63, 3.8) is 0 Å². The standard InChI is InChI=1S/C13H16F3N3OS/c1-3-12(2,10(17)21)19-11(20)18-9-7-5-4-6-8(9)13(14,15)16/h4-7H,3H2,1-2H3,(H2,17,21)(H2,18,19,20). The van der Waals surface area contributed by atoms with E-state index in [9.17, 15) is 18.0 Å². The van der Waals surface area contributed by atoms with Gasteiger partial charge in [-0.05, 0) is 25.5 Å². The Hall–Kier alpha value is -1.83. The highest BCUT2D eigenvalue weighted by Crippen LogP contribution is 2.34. The fourth-order valence-corrected chi connectivity index (χ4v) is 1.76. The SMILES string of the molecule is CCC(C)(NC(=O)Nc1ccccc1C(F)(F)F)C(N)=S. The van der Waals surface area contributed by atoms with Gasteiger partial charge in [0.2, 0.25) is 0 Å². The zero-order valence-electron chi connectivity index (χ0n) is 11.5. The molecule has 0 aliphatic heterocycles. The lowest BCUT2D eigenvalue weighted by Crippen LogP contribution is -2.55. The Morgan fingerprint density at radius 3 is 2.38 bits per heavy atom. The molecule has 0 aromatic heterocycles. The van der Waals surface area contributed by atoms with Crippen LogP contribution in [0.25, 0.3) is 0 Å². The van der Waals surface area contributed by atoms with Gasteiger partial charge in [-0.1, -0.05) is 31.3 Å². The Bertz CT molecular complexity index is 548. The summed E-state index contributed by atoms with van der Waals surface area (Å²) in [6.07, 6.45) is -4.14. The van der Waals surface area contributed by atoms with Gasteiger partial charge in [-0.25, -0.2) is 4.79 Å². The van der Waals surface area contributed by atoms with Crippen LogP contribution in [0.15, 0.2) is 24.3 Å². The quantitative estimate of drug-likeness (QED) is 0.746. The molecule has 21 heavy (non-hydrogen) atoms. The van der Waals surface area contributed by atoms with Crippen molar-refractivity contribution in [2.24, 2.45) is 5.73 Å². The second kappa shape index (κ2) is 6.30. The summed E-state index contributed by atoms with van der Waals surface area (Å²) in [5.74, 6) is 0. The lowest BCUT2D eigenvalue weighted by atomic mass is 9.99. The number of hydrogen-bond acceptors (Lipinski definition) is 2. The number of halogens is 3. The Kier molecular flexibility index (Phi) is 5.16. The second-order valence-electron chi connectivity index (χ2n) is 4.67. The third-order valence-electron chi connectivity index (χ3n) is 3.12. The monoisotopic (exact) mass is 319 g/mol. The molecule has 0 saturated carbocycles. The Morgan fingerprint density at radius 1 is 1.33 bits per heavy atom. The van der Waals surface area contributed by atoms with Crippen LogP contribution < -0.4 is 16.4 Å². The molecule has 0 spiro atoms. The van der Waals surface area contributed by atoms with E-state index in [1.54, 1.807) is 13.8 Å². The highest BCUT2D eigenvalue weighted by Gasteiger charge is 2.34. The fourth-order valence-electron chi connectivity index (χ4n) is 1.57. The molecular formula is C13H16F3N3OS. The number of nitrogens with one attached hydrogen (secondary N) is 2. The topological polar surface area (TPSA) is 67.2 Å². The zero-order valence-corrected chi connectivity index (χ0v) is 12.4. The molecule has 0 bridgehead atoms. The molecule has 0 aliphatic carbocycles. The number of alkyl halides is 3. The molecule has 4 nitrogen and oxygen atoms in total. The van der Waals surface area contributed by atoms with Crippen LogP contribution in [-0.4, -0.2) is 16.6 Å². The summed E-state index contributed by atoms with van der Waals surface area (Å²) in [4.78, 5) is 11.9. The smallest absolute Gasteiger partial charge is 0.391 e. The molecule has 0 heterocycles. The summed E-state index contributed by atoms with van der Waals surface area (Å²) in [7, 11) is 0. The minimum atomic E-state index is -4.55. The first kappa shape index (κ1) is 17.2. The van der Waals surface area contributed by atoms with Crippen LogP contribution in [0.3, 0.4) is 0 Å². The van der Waals surface area contributed by atoms with Crippen molar-refractivity contribution in [3.05, 3.63) is 29.8 Å². The number of carbonyl (C=O) groups excluding carboxylic acids is 1. The van der Waals surface area contributed by atoms with Gasteiger partial charge in [-0.3, -0.25) is 0 Å². The number of urea groups is 1. The average molecular weight is 319 g/mol. The minimum absolute atomic E-state index is 0.0595. The number of rotatable bonds is 4. The molecule has 1 atom stereocenters. The zero-order chi connectivity index (χ0) is 16.3. The van der Waals surface area contributed by atoms with Gasteiger partial charge in [0.1, 0.15) is 0 Å². The van der Waals surface area contributed by atoms with Crippen molar-refractivity contribution in [3.8, 4) is 0 Å². The van der Waals surface area contributed by atoms with Gasteiger partial charge in [0.05, 0.1) is 21.8 Å². The van der Waals surface area contributed by atoms with E-state index in [0.717, 1.165) is 6.07 Å². The lowest BCUT2D eigenvalue weighted by Gasteiger charge is -2.28. The third-order valence-corrected chi connectivity index (χ3v) is 3.57. The predicted molar refractivity (Wildman–Crippen MR) is 79.1 cm³/mol. The van der Waals surface area contributed by atoms with E-state index in [2.05, 4.69) is 10.6 Å². The number of anilines is 1. The number of nitrogens with two attached hydrogens (primary N) is 1. The fraction of sp³-hybridized carbons (Fsp3) is 0.385. The van der Waals surface area contributed by atoms with E-state index in [4.69, 9.17) is 18.0 Å². The van der Waals surface area contributed by atoms with Crippen LogP contribution >= 0.6 is 12.2 Å². The molecule has 0 saturated heterocycles. The van der Waals surface area contributed by atoms with Crippen molar-refractivity contribution >= 4 is 28.9 Å². The predicted octanol–water partition coefficient (Wildman–Crippen LogP) is 3.28. The maximum atomic E-state index is 12.8. The van der Waals surface area contributed by atoms with Crippen molar-refractivity contribution < 1.29 is 18.0 Å². The van der Waals surface area contributed by atoms with E-state index >= 15 is 0 Å². The minimum Gasteiger partial charge on any atom is -0.391 e. The van der Waals surface area contributed by atoms with E-state index in [-0.39, 0.29) is 10.7 Å². The maximum absolute atomic E-state index is 12.8. The van der Waals surface area contributed by atoms with Crippen LogP contribution in [0.1, 0.15) is 25.8 Å². The lowest BCUT2D eigenvalue weighted by molar-refractivity contribution is -0.136. The van der Waals surface area contributed by atoms with Gasteiger partial charge in [-0.15, -0.1) is 0 Å². The molecular weight excluding hydrogens is 303 g/mol. The molecule has 0 fully saturated rings. The highest BCUT2D eigenvalue weighted by molar-refractivity contribution is 7.80. The highest BCUT2D eigenvalue weighted by atomic mass is 32.1. The molecule has 4 N–H and O–H groups in total. The Labute approximate surface area is 125 Å². The first-order valence-corrected chi connectivity index (χ1v) is 6.56. The largest absolute Gasteiger partial charge is 0.418 e. The molecule has 1 rings (SSSR count). The van der Waals surface area contributed by atoms with Crippen molar-refractivity contribution in [1.29, 1.82) is 0 Å². The van der Waals surface area contributed by atoms with E-state index in [1.165, 1.54) is 18.2 Å². The van der Waals surface area contributed by atoms with Crippen LogP contribution in [0.2, 0.25) is 0 Å². The van der Waals surface area contributed by atoms with Crippen molar-refractivity contribution in [2.45, 2.75) is 32.0 Å². The van der Waals surface area contributed by atoms with Crippen LogP contribution in [0.4, 0.5) is 23.7 Å². The number of thiocarbonyl (C=S) groups is 1. The average Bonchev–Trinajstić information content (AvgIpc) is 2.37. The third kappa shape index (κ3) is 4.32. The van der Waals surface area contributed by atoms with E-state index < -0.39 is 23.3 Å². The molecule has 2 amide bonds. The van der Waals surface area contributed by atoms with Gasteiger partial charge in [0.15, 0.2) is 0 Å². The van der Waals surface area contributed by atoms with Crippen molar-refractivity contribution in [2.75, 3.05) is 5.32 Å². The number of hydrogen-bond donors (Lipinski definition) is 3. The first-order valence-electron chi connectivity index (χ1n) is 6.15. The first-order chi connectivity index (χ1) is 9.60. The molecule has 1 aromatic carbocycles. The second-order valence-corrected chi connectivity index (χ2v) is 5.11. The van der Waals surface area contributed by atoms with E-state index in [0.29, 0.717) is 6.42 Å². The van der Waals surface area contributed by atoms with Gasteiger partial charge < -0.3 is 16.4 Å². The van der Waals surface area contributed by atoms with E-state index in [1.807, 2.05) is 0 Å². The molecule has 116 valence electrons. The summed E-state index contributed by atoms with van der Waals surface area (Å²) in [5.41, 5.74) is 3.31. The number of benzene rings is 1. The molecule has 0 aliphatic rings. The number of amides is 2. The summed E-state index contributed by atoms with van der Waals surface area (Å²) in [5, 5.41) is 4.66. The molecule has 1 aromatic rings. The Morgan fingerprint density at radius 2 is 1.90 bits per heavy atom. The van der Waals surface area contributed by atoms with Crippen molar-refractivity contribution in [1.82, 2.24) is 5.32 Å². The van der Waals surface area contributed by atoms with Crippen LogP contribution in [0, 0.1) is 0 Å². The number of para-hydroxylation sites is 1. The Balaban J connectivity index is 2.93.